The van der Waals surface area contributed by atoms with E-state index in [2.05, 4.69) is 10.9 Å². The quantitative estimate of drug-likeness (QED) is 0.499. The highest BCUT2D eigenvalue weighted by atomic mass is 16.5. The fourth-order valence-electron chi connectivity index (χ4n) is 2.44. The molecule has 3 rings (SSSR count). The van der Waals surface area contributed by atoms with Crippen molar-refractivity contribution in [3.05, 3.63) is 70.6 Å². The smallest absolute Gasteiger partial charge is 0.349 e. The maximum Gasteiger partial charge on any atom is 0.349 e. The molecule has 28 heavy (non-hydrogen) atoms. The van der Waals surface area contributed by atoms with Gasteiger partial charge in [0, 0.05) is 5.39 Å². The molecule has 1 aromatic heterocycles. The van der Waals surface area contributed by atoms with Gasteiger partial charge in [-0.3, -0.25) is 20.4 Å². The third-order valence-electron chi connectivity index (χ3n) is 3.71. The minimum absolute atomic E-state index is 0.221. The van der Waals surface area contributed by atoms with Gasteiger partial charge < -0.3 is 13.9 Å². The van der Waals surface area contributed by atoms with Crippen LogP contribution in [0.15, 0.2) is 63.8 Å². The molecule has 0 fully saturated rings. The molecule has 0 bridgehead atoms. The molecule has 0 aliphatic heterocycles. The second-order valence-corrected chi connectivity index (χ2v) is 5.66. The molecule has 1 heterocycles. The van der Waals surface area contributed by atoms with E-state index in [1.807, 2.05) is 6.92 Å². The average Bonchev–Trinajstić information content (AvgIpc) is 2.71. The third-order valence-corrected chi connectivity index (χ3v) is 3.71. The molecule has 0 unspecified atom stereocenters. The van der Waals surface area contributed by atoms with Crippen LogP contribution in [-0.4, -0.2) is 25.0 Å². The van der Waals surface area contributed by atoms with Gasteiger partial charge in [-0.2, -0.15) is 0 Å². The number of carbonyl (C=O) groups is 2. The number of fused-ring (bicyclic) bond motifs is 1. The number of hydrazine groups is 1. The molecule has 0 spiro atoms. The Morgan fingerprint density at radius 2 is 1.64 bits per heavy atom. The van der Waals surface area contributed by atoms with Crippen molar-refractivity contribution in [3.8, 4) is 11.5 Å². The largest absolute Gasteiger partial charge is 0.490 e. The van der Waals surface area contributed by atoms with Crippen LogP contribution < -0.4 is 26.0 Å². The van der Waals surface area contributed by atoms with E-state index in [4.69, 9.17) is 13.9 Å². The fourth-order valence-corrected chi connectivity index (χ4v) is 2.44. The van der Waals surface area contributed by atoms with Crippen LogP contribution in [-0.2, 0) is 4.79 Å². The second kappa shape index (κ2) is 8.72. The van der Waals surface area contributed by atoms with Crippen LogP contribution in [0.2, 0.25) is 0 Å². The first kappa shape index (κ1) is 19.0. The first-order valence-electron chi connectivity index (χ1n) is 8.55. The summed E-state index contributed by atoms with van der Waals surface area (Å²) >= 11 is 0. The SMILES string of the molecule is CCOc1ccccc1OCC(=O)NNC(=O)c1cc2ccccc2oc1=O. The number of para-hydroxylation sites is 3. The summed E-state index contributed by atoms with van der Waals surface area (Å²) in [6, 6.07) is 15.1. The lowest BCUT2D eigenvalue weighted by atomic mass is 10.2. The lowest BCUT2D eigenvalue weighted by Gasteiger charge is -2.12. The molecule has 2 amide bonds. The van der Waals surface area contributed by atoms with E-state index in [1.165, 1.54) is 6.07 Å². The van der Waals surface area contributed by atoms with E-state index in [-0.39, 0.29) is 12.2 Å². The van der Waals surface area contributed by atoms with Gasteiger partial charge in [0.2, 0.25) is 0 Å². The van der Waals surface area contributed by atoms with Crippen molar-refractivity contribution < 1.29 is 23.5 Å². The van der Waals surface area contributed by atoms with Crippen molar-refractivity contribution in [3.63, 3.8) is 0 Å². The Kier molecular flexibility index (Phi) is 5.91. The maximum absolute atomic E-state index is 12.2. The third kappa shape index (κ3) is 4.47. The summed E-state index contributed by atoms with van der Waals surface area (Å²) in [5.74, 6) is -0.482. The summed E-state index contributed by atoms with van der Waals surface area (Å²) in [7, 11) is 0. The van der Waals surface area contributed by atoms with Gasteiger partial charge in [0.25, 0.3) is 11.8 Å². The van der Waals surface area contributed by atoms with Crippen LogP contribution in [0.5, 0.6) is 11.5 Å². The number of hydrogen-bond donors (Lipinski definition) is 2. The van der Waals surface area contributed by atoms with Gasteiger partial charge in [-0.15, -0.1) is 0 Å². The monoisotopic (exact) mass is 382 g/mol. The van der Waals surface area contributed by atoms with Gasteiger partial charge >= 0.3 is 5.63 Å². The van der Waals surface area contributed by atoms with E-state index >= 15 is 0 Å². The summed E-state index contributed by atoms with van der Waals surface area (Å²) in [5, 5.41) is 0.592. The number of hydrogen-bond acceptors (Lipinski definition) is 6. The van der Waals surface area contributed by atoms with E-state index in [0.717, 1.165) is 0 Å². The Morgan fingerprint density at radius 3 is 2.39 bits per heavy atom. The van der Waals surface area contributed by atoms with Crippen molar-refractivity contribution in [2.45, 2.75) is 6.92 Å². The maximum atomic E-state index is 12.2. The zero-order chi connectivity index (χ0) is 19.9. The van der Waals surface area contributed by atoms with Crippen LogP contribution in [0.1, 0.15) is 17.3 Å². The Morgan fingerprint density at radius 1 is 0.964 bits per heavy atom. The van der Waals surface area contributed by atoms with Crippen LogP contribution >= 0.6 is 0 Å². The van der Waals surface area contributed by atoms with Gasteiger partial charge in [0.05, 0.1) is 6.61 Å². The van der Waals surface area contributed by atoms with Crippen LogP contribution in [0, 0.1) is 0 Å². The summed E-state index contributed by atoms with van der Waals surface area (Å²) in [6.45, 7) is 1.94. The highest BCUT2D eigenvalue weighted by molar-refractivity contribution is 5.97. The molecule has 8 heteroatoms. The number of rotatable bonds is 6. The molecule has 144 valence electrons. The number of ether oxygens (including phenoxy) is 2. The number of benzene rings is 2. The average molecular weight is 382 g/mol. The number of nitrogens with one attached hydrogen (secondary N) is 2. The predicted molar refractivity (Wildman–Crippen MR) is 101 cm³/mol. The summed E-state index contributed by atoms with van der Waals surface area (Å²) < 4.78 is 15.9. The van der Waals surface area contributed by atoms with Crippen LogP contribution in [0.4, 0.5) is 0 Å². The number of carbonyl (C=O) groups excluding carboxylic acids is 2. The predicted octanol–water partition coefficient (Wildman–Crippen LogP) is 2.03. The van der Waals surface area contributed by atoms with Crippen LogP contribution in [0.3, 0.4) is 0 Å². The molecule has 2 aromatic carbocycles. The summed E-state index contributed by atoms with van der Waals surface area (Å²) in [6.07, 6.45) is 0. The lowest BCUT2D eigenvalue weighted by molar-refractivity contribution is -0.123. The van der Waals surface area contributed by atoms with Crippen molar-refractivity contribution in [1.82, 2.24) is 10.9 Å². The molecular formula is C20H18N2O6. The van der Waals surface area contributed by atoms with E-state index in [1.54, 1.807) is 48.5 Å². The minimum atomic E-state index is -0.799. The second-order valence-electron chi connectivity index (χ2n) is 5.66. The normalized spacial score (nSPS) is 10.3. The first-order chi connectivity index (χ1) is 13.6. The van der Waals surface area contributed by atoms with E-state index in [9.17, 15) is 14.4 Å². The zero-order valence-corrected chi connectivity index (χ0v) is 15.1. The van der Waals surface area contributed by atoms with E-state index < -0.39 is 17.4 Å². The molecule has 0 aliphatic rings. The zero-order valence-electron chi connectivity index (χ0n) is 15.1. The molecule has 2 N–H and O–H groups in total. The fraction of sp³-hybridized carbons (Fsp3) is 0.150. The first-order valence-corrected chi connectivity index (χ1v) is 8.55. The molecular weight excluding hydrogens is 364 g/mol. The Labute approximate surface area is 160 Å². The standard InChI is InChI=1S/C20H18N2O6/c1-2-26-16-9-5-6-10-17(16)27-12-18(23)21-22-19(24)14-11-13-7-3-4-8-15(13)28-20(14)25/h3-11H,2,12H2,1H3,(H,21,23)(H,22,24). The highest BCUT2D eigenvalue weighted by Gasteiger charge is 2.15. The lowest BCUT2D eigenvalue weighted by Crippen LogP contribution is -2.45. The van der Waals surface area contributed by atoms with Gasteiger partial charge in [-0.25, -0.2) is 4.79 Å². The van der Waals surface area contributed by atoms with Gasteiger partial charge in [-0.1, -0.05) is 30.3 Å². The topological polar surface area (TPSA) is 107 Å². The van der Waals surface area contributed by atoms with Crippen molar-refractivity contribution in [2.24, 2.45) is 0 Å². The number of amides is 2. The van der Waals surface area contributed by atoms with Crippen molar-refractivity contribution >= 4 is 22.8 Å². The van der Waals surface area contributed by atoms with Crippen LogP contribution in [0.25, 0.3) is 11.0 Å². The molecule has 8 nitrogen and oxygen atoms in total. The van der Waals surface area contributed by atoms with Crippen molar-refractivity contribution in [2.75, 3.05) is 13.2 Å². The molecule has 0 saturated heterocycles. The molecule has 0 aliphatic carbocycles. The summed E-state index contributed by atoms with van der Waals surface area (Å²) in [4.78, 5) is 36.1. The molecule has 3 aromatic rings. The minimum Gasteiger partial charge on any atom is -0.490 e. The Bertz CT molecular complexity index is 1060. The van der Waals surface area contributed by atoms with Gasteiger partial charge in [0.1, 0.15) is 11.1 Å². The molecule has 0 radical (unpaired) electrons. The Balaban J connectivity index is 1.58. The highest BCUT2D eigenvalue weighted by Crippen LogP contribution is 2.26. The van der Waals surface area contributed by atoms with E-state index in [0.29, 0.717) is 29.1 Å². The van der Waals surface area contributed by atoms with Crippen molar-refractivity contribution in [1.29, 1.82) is 0 Å². The van der Waals surface area contributed by atoms with Gasteiger partial charge in [-0.05, 0) is 31.2 Å². The Hall–Kier alpha value is -3.81. The summed E-state index contributed by atoms with van der Waals surface area (Å²) in [5.41, 5.74) is 3.71. The molecule has 0 saturated carbocycles. The van der Waals surface area contributed by atoms with Gasteiger partial charge in [0.15, 0.2) is 18.1 Å². The molecule has 0 atom stereocenters.